The summed E-state index contributed by atoms with van der Waals surface area (Å²) in [4.78, 5) is 62.3. The molecule has 12 nitrogen and oxygen atoms in total. The molecule has 0 saturated heterocycles. The van der Waals surface area contributed by atoms with Gasteiger partial charge in [0.2, 0.25) is 17.7 Å². The van der Waals surface area contributed by atoms with Gasteiger partial charge in [0.15, 0.2) is 0 Å². The Bertz CT molecular complexity index is 1190. The van der Waals surface area contributed by atoms with Crippen LogP contribution in [0.4, 0.5) is 0 Å². The highest BCUT2D eigenvalue weighted by Crippen LogP contribution is 2.13. The topological polar surface area (TPSA) is 208 Å². The van der Waals surface area contributed by atoms with Gasteiger partial charge in [-0.25, -0.2) is 4.79 Å². The number of amides is 3. The number of phenols is 1. The molecule has 0 heterocycles. The summed E-state index contributed by atoms with van der Waals surface area (Å²) < 4.78 is 0. The van der Waals surface area contributed by atoms with E-state index in [0.717, 1.165) is 0 Å². The Kier molecular flexibility index (Phi) is 12.8. The Morgan fingerprint density at radius 1 is 0.732 bits per heavy atom. The van der Waals surface area contributed by atoms with Crippen molar-refractivity contribution in [3.8, 4) is 5.75 Å². The van der Waals surface area contributed by atoms with Crippen LogP contribution >= 0.6 is 0 Å². The van der Waals surface area contributed by atoms with Crippen LogP contribution in [0.15, 0.2) is 54.6 Å². The Labute approximate surface area is 238 Å². The van der Waals surface area contributed by atoms with Gasteiger partial charge in [-0.05, 0) is 42.0 Å². The number of rotatable bonds is 16. The third kappa shape index (κ3) is 11.7. The van der Waals surface area contributed by atoms with E-state index in [-0.39, 0.29) is 43.8 Å². The molecular formula is C29H38N4O8. The predicted octanol–water partition coefficient (Wildman–Crippen LogP) is 0.955. The average Bonchev–Trinajstić information content (AvgIpc) is 2.91. The second-order valence-electron chi connectivity index (χ2n) is 10.3. The quantitative estimate of drug-likeness (QED) is 0.153. The molecule has 0 bridgehead atoms. The molecule has 8 N–H and O–H groups in total. The summed E-state index contributed by atoms with van der Waals surface area (Å²) in [5, 5.41) is 35.8. The van der Waals surface area contributed by atoms with Crippen LogP contribution in [-0.4, -0.2) is 69.1 Å². The van der Waals surface area contributed by atoms with E-state index in [2.05, 4.69) is 16.0 Å². The summed E-state index contributed by atoms with van der Waals surface area (Å²) in [7, 11) is 0. The normalized spacial score (nSPS) is 13.9. The summed E-state index contributed by atoms with van der Waals surface area (Å²) in [5.41, 5.74) is 7.13. The van der Waals surface area contributed by atoms with Crippen LogP contribution in [0.3, 0.4) is 0 Å². The molecule has 0 aliphatic carbocycles. The fraction of sp³-hybridized carbons (Fsp3) is 0.414. The molecule has 2 aromatic rings. The number of nitrogens with two attached hydrogens (primary N) is 1. The van der Waals surface area contributed by atoms with Crippen molar-refractivity contribution >= 4 is 29.7 Å². The van der Waals surface area contributed by atoms with Gasteiger partial charge >= 0.3 is 11.9 Å². The zero-order chi connectivity index (χ0) is 30.5. The fourth-order valence-electron chi connectivity index (χ4n) is 4.06. The van der Waals surface area contributed by atoms with Crippen LogP contribution in [0.2, 0.25) is 0 Å². The zero-order valence-electron chi connectivity index (χ0n) is 23.1. The molecule has 0 aliphatic heterocycles. The SMILES string of the molecule is CC(C)CC(NC(=O)C(Cc1ccccc1)NC(=O)C(Cc1ccc(O)cc1)NC(=O)C(N)CCC(=O)O)C(=O)O. The lowest BCUT2D eigenvalue weighted by atomic mass is 10.0. The number of benzene rings is 2. The van der Waals surface area contributed by atoms with E-state index in [1.54, 1.807) is 42.5 Å². The maximum atomic E-state index is 13.5. The average molecular weight is 571 g/mol. The smallest absolute Gasteiger partial charge is 0.326 e. The van der Waals surface area contributed by atoms with Crippen LogP contribution in [-0.2, 0) is 36.8 Å². The highest BCUT2D eigenvalue weighted by molar-refractivity contribution is 5.94. The number of nitrogens with one attached hydrogen (secondary N) is 3. The number of hydrogen-bond acceptors (Lipinski definition) is 7. The molecule has 0 saturated carbocycles. The van der Waals surface area contributed by atoms with Crippen LogP contribution in [0.5, 0.6) is 5.75 Å². The number of carboxylic acids is 2. The summed E-state index contributed by atoms with van der Waals surface area (Å²) in [6.45, 7) is 3.65. The maximum absolute atomic E-state index is 13.5. The molecule has 2 aromatic carbocycles. The van der Waals surface area contributed by atoms with Gasteiger partial charge in [0, 0.05) is 19.3 Å². The molecular weight excluding hydrogens is 532 g/mol. The molecule has 0 spiro atoms. The van der Waals surface area contributed by atoms with Crippen molar-refractivity contribution in [2.45, 2.75) is 70.1 Å². The summed E-state index contributed by atoms with van der Waals surface area (Å²) in [5.74, 6) is -4.54. The van der Waals surface area contributed by atoms with Crippen LogP contribution in [0, 0.1) is 5.92 Å². The first-order valence-corrected chi connectivity index (χ1v) is 13.3. The molecule has 2 rings (SSSR count). The molecule has 0 fully saturated rings. The maximum Gasteiger partial charge on any atom is 0.326 e. The van der Waals surface area contributed by atoms with Crippen molar-refractivity contribution in [2.24, 2.45) is 11.7 Å². The van der Waals surface area contributed by atoms with Gasteiger partial charge in [-0.3, -0.25) is 19.2 Å². The Morgan fingerprint density at radius 3 is 1.71 bits per heavy atom. The first kappa shape index (κ1) is 32.8. The monoisotopic (exact) mass is 570 g/mol. The van der Waals surface area contributed by atoms with Crippen molar-refractivity contribution in [3.05, 3.63) is 65.7 Å². The van der Waals surface area contributed by atoms with Crippen LogP contribution in [0.1, 0.15) is 44.2 Å². The van der Waals surface area contributed by atoms with E-state index in [9.17, 15) is 34.2 Å². The summed E-state index contributed by atoms with van der Waals surface area (Å²) in [6, 6.07) is 10.00. The Hall–Kier alpha value is -4.45. The molecule has 3 amide bonds. The standard InChI is InChI=1S/C29H38N4O8/c1-17(2)14-24(29(40)41)33-28(39)23(15-18-6-4-3-5-7-18)32-27(38)22(16-19-8-10-20(34)11-9-19)31-26(37)21(30)12-13-25(35)36/h3-11,17,21-24,34H,12-16,30H2,1-2H3,(H,31,37)(H,32,38)(H,33,39)(H,35,36)(H,40,41). The molecule has 41 heavy (non-hydrogen) atoms. The highest BCUT2D eigenvalue weighted by Gasteiger charge is 2.31. The third-order valence-corrected chi connectivity index (χ3v) is 6.25. The van der Waals surface area contributed by atoms with Gasteiger partial charge in [-0.15, -0.1) is 0 Å². The lowest BCUT2D eigenvalue weighted by Crippen LogP contribution is -2.58. The van der Waals surface area contributed by atoms with Crippen molar-refractivity contribution in [1.82, 2.24) is 16.0 Å². The van der Waals surface area contributed by atoms with E-state index >= 15 is 0 Å². The van der Waals surface area contributed by atoms with E-state index in [4.69, 9.17) is 10.8 Å². The summed E-state index contributed by atoms with van der Waals surface area (Å²) in [6.07, 6.45) is -0.302. The summed E-state index contributed by atoms with van der Waals surface area (Å²) >= 11 is 0. The van der Waals surface area contributed by atoms with Crippen LogP contribution < -0.4 is 21.7 Å². The molecule has 0 aliphatic rings. The lowest BCUT2D eigenvalue weighted by Gasteiger charge is -2.26. The number of carboxylic acid groups (broad SMARTS) is 2. The number of hydrogen-bond donors (Lipinski definition) is 7. The largest absolute Gasteiger partial charge is 0.508 e. The van der Waals surface area contributed by atoms with Crippen molar-refractivity contribution in [1.29, 1.82) is 0 Å². The number of phenolic OH excluding ortho intramolecular Hbond substituents is 1. The second kappa shape index (κ2) is 16.0. The van der Waals surface area contributed by atoms with E-state index in [1.807, 2.05) is 13.8 Å². The number of aromatic hydroxyl groups is 1. The van der Waals surface area contributed by atoms with Crippen molar-refractivity contribution in [2.75, 3.05) is 0 Å². The van der Waals surface area contributed by atoms with Crippen LogP contribution in [0.25, 0.3) is 0 Å². The second-order valence-corrected chi connectivity index (χ2v) is 10.3. The fourth-order valence-corrected chi connectivity index (χ4v) is 4.06. The van der Waals surface area contributed by atoms with Crippen molar-refractivity contribution < 1.29 is 39.3 Å². The number of carbonyl (C=O) groups excluding carboxylic acids is 3. The lowest BCUT2D eigenvalue weighted by molar-refractivity contribution is -0.143. The molecule has 4 unspecified atom stereocenters. The minimum Gasteiger partial charge on any atom is -0.508 e. The third-order valence-electron chi connectivity index (χ3n) is 6.25. The predicted molar refractivity (Wildman–Crippen MR) is 150 cm³/mol. The molecule has 0 radical (unpaired) electrons. The van der Waals surface area contributed by atoms with Gasteiger partial charge in [0.05, 0.1) is 6.04 Å². The minimum absolute atomic E-state index is 0.00320. The van der Waals surface area contributed by atoms with E-state index < -0.39 is 53.8 Å². The first-order chi connectivity index (χ1) is 19.3. The van der Waals surface area contributed by atoms with Gasteiger partial charge in [0.1, 0.15) is 23.9 Å². The van der Waals surface area contributed by atoms with Gasteiger partial charge in [-0.2, -0.15) is 0 Å². The number of aliphatic carboxylic acids is 2. The zero-order valence-corrected chi connectivity index (χ0v) is 23.1. The molecule has 4 atom stereocenters. The highest BCUT2D eigenvalue weighted by atomic mass is 16.4. The Morgan fingerprint density at radius 2 is 1.22 bits per heavy atom. The van der Waals surface area contributed by atoms with E-state index in [1.165, 1.54) is 12.1 Å². The van der Waals surface area contributed by atoms with Gasteiger partial charge < -0.3 is 37.0 Å². The van der Waals surface area contributed by atoms with Gasteiger partial charge in [0.25, 0.3) is 0 Å². The van der Waals surface area contributed by atoms with Crippen molar-refractivity contribution in [3.63, 3.8) is 0 Å². The van der Waals surface area contributed by atoms with E-state index in [0.29, 0.717) is 11.1 Å². The molecule has 0 aromatic heterocycles. The first-order valence-electron chi connectivity index (χ1n) is 13.3. The number of carbonyl (C=O) groups is 5. The Balaban J connectivity index is 2.31. The minimum atomic E-state index is -1.22. The molecule has 12 heteroatoms. The molecule has 222 valence electrons. The van der Waals surface area contributed by atoms with Gasteiger partial charge in [-0.1, -0.05) is 56.3 Å².